The van der Waals surface area contributed by atoms with Gasteiger partial charge in [-0.05, 0) is 41.3 Å². The fraction of sp³-hybridized carbons (Fsp3) is 0. The number of nitrogens with zero attached hydrogens (tertiary/aromatic N) is 3. The molecule has 7 aromatic rings. The molecule has 0 radical (unpaired) electrons. The summed E-state index contributed by atoms with van der Waals surface area (Å²) in [6.07, 6.45) is 5.17. The molecule has 0 bridgehead atoms. The van der Waals surface area contributed by atoms with E-state index in [4.69, 9.17) is 0 Å². The van der Waals surface area contributed by atoms with Crippen molar-refractivity contribution in [3.63, 3.8) is 0 Å². The summed E-state index contributed by atoms with van der Waals surface area (Å²) < 4.78 is 25.6. The van der Waals surface area contributed by atoms with Crippen LogP contribution < -0.4 is 0 Å². The van der Waals surface area contributed by atoms with E-state index >= 15 is 0 Å². The largest absolute Gasteiger partial charge is 2.00 e. The Balaban J connectivity index is 0.000000207. The molecular formula is C37H27N3O4PdS. The Kier molecular flexibility index (Phi) is 11.9. The molecular weight excluding hydrogens is 689 g/mol. The Labute approximate surface area is 281 Å². The molecule has 0 N–H and O–H groups in total. The van der Waals surface area contributed by atoms with E-state index in [9.17, 15) is 18.5 Å². The first-order chi connectivity index (χ1) is 21.9. The second-order valence-corrected chi connectivity index (χ2v) is 11.5. The summed E-state index contributed by atoms with van der Waals surface area (Å²) in [6, 6.07) is 44.9. The first kappa shape index (κ1) is 33.7. The normalized spacial score (nSPS) is 10.3. The summed E-state index contributed by atoms with van der Waals surface area (Å²) >= 11 is 0. The monoisotopic (exact) mass is 715 g/mol. The fourth-order valence-electron chi connectivity index (χ4n) is 4.56. The Morgan fingerprint density at radius 3 is 1.91 bits per heavy atom. The van der Waals surface area contributed by atoms with Gasteiger partial charge in [0.05, 0.1) is 9.82 Å². The third-order valence-corrected chi connectivity index (χ3v) is 8.19. The zero-order chi connectivity index (χ0) is 31.5. The van der Waals surface area contributed by atoms with Crippen molar-refractivity contribution in [1.82, 2.24) is 9.97 Å². The molecule has 0 amide bonds. The van der Waals surface area contributed by atoms with Crippen LogP contribution in [0.1, 0.15) is 5.56 Å². The summed E-state index contributed by atoms with van der Waals surface area (Å²) in [4.78, 5) is 18.4. The number of nitro groups is 1. The van der Waals surface area contributed by atoms with E-state index in [1.54, 1.807) is 30.7 Å². The second-order valence-electron chi connectivity index (χ2n) is 9.68. The van der Waals surface area contributed by atoms with Gasteiger partial charge in [0.2, 0.25) is 0 Å². The zero-order valence-electron chi connectivity index (χ0n) is 24.3. The number of pyridine rings is 2. The van der Waals surface area contributed by atoms with Gasteiger partial charge < -0.3 is 0 Å². The second kappa shape index (κ2) is 16.2. The van der Waals surface area contributed by atoms with Crippen molar-refractivity contribution >= 4 is 37.2 Å². The molecule has 2 heterocycles. The molecule has 0 saturated carbocycles. The molecule has 0 unspecified atom stereocenters. The van der Waals surface area contributed by atoms with Gasteiger partial charge in [-0.2, -0.15) is 42.0 Å². The predicted octanol–water partition coefficient (Wildman–Crippen LogP) is 8.51. The minimum Gasteiger partial charge on any atom is -0.269 e. The average Bonchev–Trinajstić information content (AvgIpc) is 3.10. The first-order valence-electron chi connectivity index (χ1n) is 13.9. The summed E-state index contributed by atoms with van der Waals surface area (Å²) in [6.45, 7) is 0. The number of hydrogen-bond donors (Lipinski definition) is 0. The van der Waals surface area contributed by atoms with E-state index in [0.29, 0.717) is 5.56 Å². The molecule has 2 aromatic heterocycles. The summed E-state index contributed by atoms with van der Waals surface area (Å²) in [5, 5.41) is 13.3. The van der Waals surface area contributed by atoms with Crippen LogP contribution in [0.2, 0.25) is 0 Å². The standard InChI is InChI=1S/C20H13N2O4S.C12H9.C5H5N.Pd/c23-22(24)17-8-10-18(11-9-17)27(25,26)13-16-4-1-3-14-6-7-15-5-2-12-21-20(15)19(14)16;1-3-7-11(8-4-1)12-9-5-2-6-10-12;1-2-4-6-5-3-1;/h1-13H;1,3-10H;1-5H;/q2*-1;;+2. The summed E-state index contributed by atoms with van der Waals surface area (Å²) in [5.74, 6) is 1.19. The first-order valence-corrected chi connectivity index (χ1v) is 15.4. The van der Waals surface area contributed by atoms with E-state index in [2.05, 4.69) is 40.3 Å². The van der Waals surface area contributed by atoms with Gasteiger partial charge in [0.15, 0.2) is 9.84 Å². The van der Waals surface area contributed by atoms with Crippen LogP contribution in [0.3, 0.4) is 0 Å². The molecule has 9 heteroatoms. The van der Waals surface area contributed by atoms with Gasteiger partial charge >= 0.3 is 20.4 Å². The van der Waals surface area contributed by atoms with E-state index in [1.807, 2.05) is 78.9 Å². The number of rotatable bonds is 5. The van der Waals surface area contributed by atoms with Crippen molar-refractivity contribution in [3.8, 4) is 11.1 Å². The van der Waals surface area contributed by atoms with Crippen molar-refractivity contribution < 1.29 is 33.8 Å². The zero-order valence-corrected chi connectivity index (χ0v) is 26.7. The minimum atomic E-state index is -3.79. The third-order valence-electron chi connectivity index (χ3n) is 6.70. The summed E-state index contributed by atoms with van der Waals surface area (Å²) in [5.41, 5.74) is 3.59. The number of fused-ring (bicyclic) bond motifs is 3. The number of nitro benzene ring substituents is 1. The van der Waals surface area contributed by atoms with Crippen LogP contribution in [-0.4, -0.2) is 23.3 Å². The molecule has 7 nitrogen and oxygen atoms in total. The van der Waals surface area contributed by atoms with Crippen LogP contribution in [0.4, 0.5) is 5.69 Å². The molecule has 0 fully saturated rings. The molecule has 230 valence electrons. The number of hydrogen-bond acceptors (Lipinski definition) is 6. The van der Waals surface area contributed by atoms with Crippen molar-refractivity contribution in [2.45, 2.75) is 4.90 Å². The molecule has 0 atom stereocenters. The smallest absolute Gasteiger partial charge is 0.269 e. The van der Waals surface area contributed by atoms with Gasteiger partial charge in [-0.1, -0.05) is 77.2 Å². The number of non-ortho nitro benzene ring substituents is 1. The van der Waals surface area contributed by atoms with E-state index in [1.165, 1.54) is 41.1 Å². The van der Waals surface area contributed by atoms with Gasteiger partial charge in [0.25, 0.3) is 5.69 Å². The van der Waals surface area contributed by atoms with Crippen molar-refractivity contribution in [3.05, 3.63) is 186 Å². The maximum absolute atomic E-state index is 12.8. The molecule has 5 aromatic carbocycles. The van der Waals surface area contributed by atoms with Crippen LogP contribution in [0.5, 0.6) is 0 Å². The van der Waals surface area contributed by atoms with Gasteiger partial charge in [-0.15, -0.1) is 11.6 Å². The van der Waals surface area contributed by atoms with E-state index < -0.39 is 14.8 Å². The number of benzene rings is 5. The van der Waals surface area contributed by atoms with E-state index in [-0.39, 0.29) is 31.0 Å². The molecule has 0 aliphatic carbocycles. The van der Waals surface area contributed by atoms with Crippen molar-refractivity contribution in [2.24, 2.45) is 0 Å². The maximum Gasteiger partial charge on any atom is 2.00 e. The van der Waals surface area contributed by atoms with Crippen molar-refractivity contribution in [2.75, 3.05) is 0 Å². The Morgan fingerprint density at radius 2 is 1.28 bits per heavy atom. The molecule has 0 spiro atoms. The third kappa shape index (κ3) is 8.71. The molecule has 46 heavy (non-hydrogen) atoms. The summed E-state index contributed by atoms with van der Waals surface area (Å²) in [7, 11) is -3.79. The molecule has 0 aliphatic heterocycles. The van der Waals surface area contributed by atoms with Gasteiger partial charge in [0.1, 0.15) is 0 Å². The number of aromatic nitrogens is 2. The van der Waals surface area contributed by atoms with Crippen LogP contribution in [0, 0.1) is 21.9 Å². The Morgan fingerprint density at radius 1 is 0.652 bits per heavy atom. The van der Waals surface area contributed by atoms with E-state index in [0.717, 1.165) is 21.7 Å². The maximum atomic E-state index is 12.8. The predicted molar refractivity (Wildman–Crippen MR) is 178 cm³/mol. The average molecular weight is 716 g/mol. The van der Waals surface area contributed by atoms with Crippen LogP contribution >= 0.6 is 0 Å². The SMILES string of the molecule is O=[N+]([O-])c1ccc(S(=O)(=O)[CH-]c2cccc3ccc4cccnc4c23)cc1.[Pd+2].[c-]1ccc(-c2ccccc2)cc1.c1ccncc1. The topological polar surface area (TPSA) is 103 Å². The quantitative estimate of drug-likeness (QED) is 0.0582. The van der Waals surface area contributed by atoms with Gasteiger partial charge in [-0.25, -0.2) is 8.42 Å². The van der Waals surface area contributed by atoms with Gasteiger partial charge in [-0.3, -0.25) is 20.1 Å². The van der Waals surface area contributed by atoms with Crippen LogP contribution in [0.25, 0.3) is 32.8 Å². The Hall–Kier alpha value is -5.20. The Bertz CT molecular complexity index is 2050. The van der Waals surface area contributed by atoms with Crippen LogP contribution in [-0.2, 0) is 30.3 Å². The number of sulfone groups is 1. The fourth-order valence-corrected chi connectivity index (χ4v) is 5.74. The van der Waals surface area contributed by atoms with Crippen molar-refractivity contribution in [1.29, 1.82) is 0 Å². The molecule has 0 aliphatic rings. The van der Waals surface area contributed by atoms with Gasteiger partial charge in [0, 0.05) is 36.2 Å². The molecule has 7 rings (SSSR count). The van der Waals surface area contributed by atoms with Crippen LogP contribution in [0.15, 0.2) is 163 Å². The molecule has 0 saturated heterocycles. The minimum absolute atomic E-state index is 0.